The third-order valence-electron chi connectivity index (χ3n) is 4.29. The summed E-state index contributed by atoms with van der Waals surface area (Å²) in [5, 5.41) is 19.6. The third-order valence-corrected chi connectivity index (χ3v) is 5.14. The van der Waals surface area contributed by atoms with Crippen LogP contribution in [0, 0.1) is 5.92 Å². The average Bonchev–Trinajstić information content (AvgIpc) is 2.58. The number of hydrogen-bond acceptors (Lipinski definition) is 6. The maximum absolute atomic E-state index is 12.3. The highest BCUT2D eigenvalue weighted by molar-refractivity contribution is 7.51. The molecule has 3 atom stereocenters. The fourth-order valence-electron chi connectivity index (χ4n) is 3.13. The largest absolute Gasteiger partial charge is 0.480 e. The standard InChI is InChI=1S/C16H22NO8P.H3N/c18-13(10-26(22,23)24)12-7-4-8-17(14(12)15(19)20)16(21)25-9-11-5-2-1-3-6-11;/h1-3,5-6,12-14,18H,4,7-10H2,(H,19,20)(H2,22,23,24);1H3. The lowest BCUT2D eigenvalue weighted by atomic mass is 9.85. The number of ether oxygens (including phenoxy) is 1. The zero-order valence-corrected chi connectivity index (χ0v) is 15.6. The van der Waals surface area contributed by atoms with Gasteiger partial charge in [0, 0.05) is 12.5 Å². The Morgan fingerprint density at radius 2 is 1.89 bits per heavy atom. The Morgan fingerprint density at radius 1 is 1.26 bits per heavy atom. The lowest BCUT2D eigenvalue weighted by Gasteiger charge is -2.40. The molecular weight excluding hydrogens is 379 g/mol. The first kappa shape index (κ1) is 23.1. The van der Waals surface area contributed by atoms with Crippen LogP contribution >= 0.6 is 7.60 Å². The summed E-state index contributed by atoms with van der Waals surface area (Å²) in [4.78, 5) is 43.1. The number of rotatable bonds is 6. The first-order valence-electron chi connectivity index (χ1n) is 8.12. The van der Waals surface area contributed by atoms with Gasteiger partial charge in [0.15, 0.2) is 0 Å². The number of aliphatic hydroxyl groups is 1. The highest BCUT2D eigenvalue weighted by Gasteiger charge is 2.44. The van der Waals surface area contributed by atoms with Gasteiger partial charge in [0.25, 0.3) is 0 Å². The maximum atomic E-state index is 12.3. The van der Waals surface area contributed by atoms with Crippen molar-refractivity contribution < 1.29 is 38.9 Å². The van der Waals surface area contributed by atoms with Gasteiger partial charge in [0.05, 0.1) is 12.3 Å². The summed E-state index contributed by atoms with van der Waals surface area (Å²) in [7, 11) is -4.52. The Bertz CT molecular complexity index is 680. The van der Waals surface area contributed by atoms with Crippen molar-refractivity contribution in [1.29, 1.82) is 0 Å². The zero-order valence-electron chi connectivity index (χ0n) is 14.7. The molecule has 0 aromatic heterocycles. The van der Waals surface area contributed by atoms with Gasteiger partial charge in [-0.05, 0) is 18.4 Å². The third kappa shape index (κ3) is 6.60. The molecule has 1 amide bonds. The number of likely N-dealkylation sites (tertiary alicyclic amines) is 1. The monoisotopic (exact) mass is 404 g/mol. The van der Waals surface area contributed by atoms with E-state index in [1.165, 1.54) is 0 Å². The summed E-state index contributed by atoms with van der Waals surface area (Å²) in [5.74, 6) is -2.34. The van der Waals surface area contributed by atoms with Crippen molar-refractivity contribution in [3.05, 3.63) is 35.9 Å². The minimum atomic E-state index is -4.52. The van der Waals surface area contributed by atoms with E-state index in [1.54, 1.807) is 24.3 Å². The molecule has 7 N–H and O–H groups in total. The summed E-state index contributed by atoms with van der Waals surface area (Å²) >= 11 is 0. The van der Waals surface area contributed by atoms with Crippen LogP contribution in [0.15, 0.2) is 30.3 Å². The van der Waals surface area contributed by atoms with Crippen LogP contribution in [0.2, 0.25) is 0 Å². The number of carboxylic acid groups (broad SMARTS) is 1. The molecule has 1 aliphatic rings. The molecule has 1 fully saturated rings. The smallest absolute Gasteiger partial charge is 0.410 e. The predicted molar refractivity (Wildman–Crippen MR) is 95.4 cm³/mol. The van der Waals surface area contributed by atoms with Gasteiger partial charge in [-0.1, -0.05) is 30.3 Å². The predicted octanol–water partition coefficient (Wildman–Crippen LogP) is 1.19. The molecule has 0 radical (unpaired) electrons. The van der Waals surface area contributed by atoms with Gasteiger partial charge >= 0.3 is 19.7 Å². The number of amides is 1. The minimum absolute atomic E-state index is 0. The summed E-state index contributed by atoms with van der Waals surface area (Å²) in [6.45, 7) is 0.0991. The summed E-state index contributed by atoms with van der Waals surface area (Å²) in [5.41, 5.74) is 0.739. The Labute approximate surface area is 156 Å². The molecule has 152 valence electrons. The van der Waals surface area contributed by atoms with Crippen LogP contribution in [0.5, 0.6) is 0 Å². The van der Waals surface area contributed by atoms with Gasteiger partial charge in [-0.2, -0.15) is 0 Å². The Kier molecular flexibility index (Phi) is 8.39. The number of benzene rings is 1. The van der Waals surface area contributed by atoms with Crippen LogP contribution in [0.25, 0.3) is 0 Å². The molecule has 0 saturated carbocycles. The molecule has 0 spiro atoms. The molecule has 2 rings (SSSR count). The molecule has 1 heterocycles. The SMILES string of the molecule is N.O=C(O)C1C(C(O)CP(=O)(O)O)CCCN1C(=O)OCc1ccccc1. The van der Waals surface area contributed by atoms with Crippen LogP contribution in [0.3, 0.4) is 0 Å². The number of aliphatic carboxylic acids is 1. The van der Waals surface area contributed by atoms with E-state index in [1.807, 2.05) is 6.07 Å². The van der Waals surface area contributed by atoms with E-state index >= 15 is 0 Å². The molecule has 0 aliphatic carbocycles. The normalized spacial score (nSPS) is 21.1. The number of aliphatic hydroxyl groups excluding tert-OH is 1. The first-order valence-corrected chi connectivity index (χ1v) is 9.91. The van der Waals surface area contributed by atoms with Crippen molar-refractivity contribution in [2.24, 2.45) is 5.92 Å². The Morgan fingerprint density at radius 3 is 2.44 bits per heavy atom. The topological polar surface area (TPSA) is 180 Å². The number of piperidine rings is 1. The van der Waals surface area contributed by atoms with Gasteiger partial charge in [-0.25, -0.2) is 9.59 Å². The van der Waals surface area contributed by atoms with Crippen molar-refractivity contribution in [2.45, 2.75) is 31.6 Å². The van der Waals surface area contributed by atoms with Gasteiger partial charge in [-0.3, -0.25) is 9.46 Å². The molecule has 1 aromatic rings. The lowest BCUT2D eigenvalue weighted by Crippen LogP contribution is -2.56. The van der Waals surface area contributed by atoms with Crippen molar-refractivity contribution in [3.8, 4) is 0 Å². The van der Waals surface area contributed by atoms with E-state index in [2.05, 4.69) is 0 Å². The number of carbonyl (C=O) groups excluding carboxylic acids is 1. The van der Waals surface area contributed by atoms with E-state index in [4.69, 9.17) is 14.5 Å². The lowest BCUT2D eigenvalue weighted by molar-refractivity contribution is -0.148. The van der Waals surface area contributed by atoms with E-state index < -0.39 is 43.9 Å². The molecule has 27 heavy (non-hydrogen) atoms. The molecule has 1 aromatic carbocycles. The fraction of sp³-hybridized carbons (Fsp3) is 0.500. The molecule has 1 aliphatic heterocycles. The molecule has 11 heteroatoms. The molecule has 10 nitrogen and oxygen atoms in total. The molecule has 0 bridgehead atoms. The summed E-state index contributed by atoms with van der Waals surface area (Å²) < 4.78 is 16.3. The second-order valence-corrected chi connectivity index (χ2v) is 7.93. The van der Waals surface area contributed by atoms with Crippen molar-refractivity contribution in [1.82, 2.24) is 11.1 Å². The number of hydrogen-bond donors (Lipinski definition) is 5. The second-order valence-electron chi connectivity index (χ2n) is 6.24. The first-order chi connectivity index (χ1) is 12.2. The van der Waals surface area contributed by atoms with E-state index in [9.17, 15) is 24.4 Å². The van der Waals surface area contributed by atoms with Gasteiger partial charge < -0.3 is 30.9 Å². The van der Waals surface area contributed by atoms with Gasteiger partial charge in [0.2, 0.25) is 0 Å². The maximum Gasteiger partial charge on any atom is 0.410 e. The van der Waals surface area contributed by atoms with Crippen molar-refractivity contribution in [2.75, 3.05) is 12.7 Å². The van der Waals surface area contributed by atoms with Crippen LogP contribution in [-0.4, -0.2) is 61.8 Å². The summed E-state index contributed by atoms with van der Waals surface area (Å²) in [6.07, 6.45) is -2.60. The Hall–Kier alpha value is -1.97. The number of carbonyl (C=O) groups is 2. The van der Waals surface area contributed by atoms with E-state index in [-0.39, 0.29) is 25.7 Å². The number of carboxylic acids is 1. The minimum Gasteiger partial charge on any atom is -0.480 e. The molecule has 1 saturated heterocycles. The highest BCUT2D eigenvalue weighted by atomic mass is 31.2. The van der Waals surface area contributed by atoms with E-state index in [0.717, 1.165) is 10.5 Å². The fourth-order valence-corrected chi connectivity index (χ4v) is 3.89. The number of nitrogens with zero attached hydrogens (tertiary/aromatic N) is 1. The van der Waals surface area contributed by atoms with Crippen LogP contribution in [-0.2, 0) is 20.7 Å². The van der Waals surface area contributed by atoms with Crippen molar-refractivity contribution in [3.63, 3.8) is 0 Å². The van der Waals surface area contributed by atoms with Crippen LogP contribution in [0.1, 0.15) is 18.4 Å². The van der Waals surface area contributed by atoms with Gasteiger partial charge in [-0.15, -0.1) is 0 Å². The van der Waals surface area contributed by atoms with Crippen LogP contribution < -0.4 is 6.15 Å². The van der Waals surface area contributed by atoms with Gasteiger partial charge in [0.1, 0.15) is 12.6 Å². The quantitative estimate of drug-likeness (QED) is 0.435. The van der Waals surface area contributed by atoms with Crippen molar-refractivity contribution >= 4 is 19.7 Å². The molecular formula is C16H25N2O8P. The molecule has 3 unspecified atom stereocenters. The second kappa shape index (κ2) is 9.82. The Balaban J connectivity index is 0.00000364. The van der Waals surface area contributed by atoms with E-state index in [0.29, 0.717) is 6.42 Å². The highest BCUT2D eigenvalue weighted by Crippen LogP contribution is 2.39. The zero-order chi connectivity index (χ0) is 19.3. The summed E-state index contributed by atoms with van der Waals surface area (Å²) in [6, 6.07) is 7.46. The average molecular weight is 404 g/mol. The van der Waals surface area contributed by atoms with Crippen LogP contribution in [0.4, 0.5) is 4.79 Å².